The van der Waals surface area contributed by atoms with Gasteiger partial charge in [-0.25, -0.2) is 0 Å². The molecule has 0 saturated carbocycles. The highest BCUT2D eigenvalue weighted by Gasteiger charge is 2.24. The van der Waals surface area contributed by atoms with Crippen LogP contribution >= 0.6 is 0 Å². The summed E-state index contributed by atoms with van der Waals surface area (Å²) < 4.78 is 0. The molecule has 1 fully saturated rings. The summed E-state index contributed by atoms with van der Waals surface area (Å²) in [5, 5.41) is 18.8. The van der Waals surface area contributed by atoms with Crippen LogP contribution in [0.5, 0.6) is 0 Å². The van der Waals surface area contributed by atoms with Crippen molar-refractivity contribution in [2.24, 2.45) is 0 Å². The summed E-state index contributed by atoms with van der Waals surface area (Å²) in [5.41, 5.74) is 1.70. The zero-order valence-corrected chi connectivity index (χ0v) is 12.1. The number of likely N-dealkylation sites (tertiary alicyclic amines) is 1. The fourth-order valence-corrected chi connectivity index (χ4v) is 2.57. The van der Waals surface area contributed by atoms with Gasteiger partial charge in [-0.2, -0.15) is 0 Å². The zero-order chi connectivity index (χ0) is 14.4. The zero-order valence-electron chi connectivity index (χ0n) is 12.1. The molecule has 0 aromatic heterocycles. The lowest BCUT2D eigenvalue weighted by atomic mass is 9.98. The molecule has 1 atom stereocenters. The monoisotopic (exact) mass is 273 g/mol. The van der Waals surface area contributed by atoms with Gasteiger partial charge in [0.15, 0.2) is 0 Å². The minimum Gasteiger partial charge on any atom is -0.390 e. The van der Waals surface area contributed by atoms with Gasteiger partial charge >= 0.3 is 0 Å². The summed E-state index contributed by atoms with van der Waals surface area (Å²) in [5.74, 6) is 5.55. The quantitative estimate of drug-likeness (QED) is 0.807. The van der Waals surface area contributed by atoms with E-state index < -0.39 is 5.60 Å². The molecule has 1 aromatic rings. The highest BCUT2D eigenvalue weighted by molar-refractivity contribution is 5.36. The maximum atomic E-state index is 10.1. The van der Waals surface area contributed by atoms with Crippen molar-refractivity contribution in [3.8, 4) is 11.8 Å². The van der Waals surface area contributed by atoms with E-state index in [1.54, 1.807) is 0 Å². The second kappa shape index (κ2) is 6.90. The molecule has 0 aliphatic carbocycles. The van der Waals surface area contributed by atoms with Crippen LogP contribution in [0.25, 0.3) is 0 Å². The van der Waals surface area contributed by atoms with E-state index >= 15 is 0 Å². The van der Waals surface area contributed by atoms with Crippen molar-refractivity contribution in [2.75, 3.05) is 19.7 Å². The number of aliphatic hydroxyl groups excluding tert-OH is 1. The summed E-state index contributed by atoms with van der Waals surface area (Å²) in [6, 6.07) is 8.16. The van der Waals surface area contributed by atoms with Crippen LogP contribution in [0.3, 0.4) is 0 Å². The molecule has 2 rings (SSSR count). The number of rotatable bonds is 2. The summed E-state index contributed by atoms with van der Waals surface area (Å²) in [4.78, 5) is 2.40. The average Bonchev–Trinajstić information content (AvgIpc) is 2.59. The predicted octanol–water partition coefficient (Wildman–Crippen LogP) is 1.77. The molecule has 3 heteroatoms. The molecule has 0 radical (unpaired) electrons. The molecule has 108 valence electrons. The van der Waals surface area contributed by atoms with E-state index in [2.05, 4.69) is 28.9 Å². The third-order valence-electron chi connectivity index (χ3n) is 3.83. The highest BCUT2D eigenvalue weighted by atomic mass is 16.3. The van der Waals surface area contributed by atoms with Crippen LogP contribution in [0, 0.1) is 11.8 Å². The molecular weight excluding hydrogens is 250 g/mol. The summed E-state index contributed by atoms with van der Waals surface area (Å²) in [6.45, 7) is 4.74. The van der Waals surface area contributed by atoms with Crippen molar-refractivity contribution in [3.63, 3.8) is 0 Å². The standard InChI is InChI=1S/C17H23NO2/c1-17(20)9-3-11-18(12-10-17)14-16-7-5-15(6-8-16)4-2-13-19/h5-8,19-20H,3,9-14H2,1H3. The normalized spacial score (nSPS) is 23.8. The van der Waals surface area contributed by atoms with Crippen molar-refractivity contribution < 1.29 is 10.2 Å². The van der Waals surface area contributed by atoms with Crippen molar-refractivity contribution in [3.05, 3.63) is 35.4 Å². The van der Waals surface area contributed by atoms with E-state index in [-0.39, 0.29) is 6.61 Å². The first kappa shape index (κ1) is 15.1. The van der Waals surface area contributed by atoms with Gasteiger partial charge < -0.3 is 10.2 Å². The molecule has 1 unspecified atom stereocenters. The van der Waals surface area contributed by atoms with Gasteiger partial charge in [-0.1, -0.05) is 24.0 Å². The van der Waals surface area contributed by atoms with Crippen LogP contribution in [-0.4, -0.2) is 40.4 Å². The van der Waals surface area contributed by atoms with Crippen molar-refractivity contribution in [2.45, 2.75) is 38.3 Å². The molecule has 1 heterocycles. The molecule has 3 nitrogen and oxygen atoms in total. The van der Waals surface area contributed by atoms with Crippen LogP contribution in [-0.2, 0) is 6.54 Å². The third-order valence-corrected chi connectivity index (χ3v) is 3.83. The molecule has 2 N–H and O–H groups in total. The van der Waals surface area contributed by atoms with Gasteiger partial charge in [0.25, 0.3) is 0 Å². The van der Waals surface area contributed by atoms with Gasteiger partial charge in [-0.3, -0.25) is 4.90 Å². The van der Waals surface area contributed by atoms with Gasteiger partial charge in [0.1, 0.15) is 6.61 Å². The maximum absolute atomic E-state index is 10.1. The first-order valence-electron chi connectivity index (χ1n) is 7.22. The highest BCUT2D eigenvalue weighted by Crippen LogP contribution is 2.22. The molecule has 1 aliphatic rings. The van der Waals surface area contributed by atoms with E-state index in [4.69, 9.17) is 5.11 Å². The van der Waals surface area contributed by atoms with Crippen molar-refractivity contribution in [1.29, 1.82) is 0 Å². The number of hydrogen-bond acceptors (Lipinski definition) is 3. The fourth-order valence-electron chi connectivity index (χ4n) is 2.57. The smallest absolute Gasteiger partial charge is 0.104 e. The van der Waals surface area contributed by atoms with Gasteiger partial charge in [-0.05, 0) is 50.4 Å². The maximum Gasteiger partial charge on any atom is 0.104 e. The molecule has 0 spiro atoms. The Bertz CT molecular complexity index is 482. The van der Waals surface area contributed by atoms with Crippen LogP contribution in [0.1, 0.15) is 37.3 Å². The second-order valence-electron chi connectivity index (χ2n) is 5.78. The Hall–Kier alpha value is -1.34. The Morgan fingerprint density at radius 3 is 2.65 bits per heavy atom. The number of benzene rings is 1. The summed E-state index contributed by atoms with van der Waals surface area (Å²) in [7, 11) is 0. The number of aliphatic hydroxyl groups is 2. The lowest BCUT2D eigenvalue weighted by Gasteiger charge is -2.22. The molecule has 1 aromatic carbocycles. The van der Waals surface area contributed by atoms with Gasteiger partial charge in [0.2, 0.25) is 0 Å². The van der Waals surface area contributed by atoms with Crippen molar-refractivity contribution >= 4 is 0 Å². The Labute approximate surface area is 121 Å². The average molecular weight is 273 g/mol. The second-order valence-corrected chi connectivity index (χ2v) is 5.78. The topological polar surface area (TPSA) is 43.7 Å². The largest absolute Gasteiger partial charge is 0.390 e. The van der Waals surface area contributed by atoms with Gasteiger partial charge in [0, 0.05) is 18.7 Å². The van der Waals surface area contributed by atoms with Crippen LogP contribution in [0.15, 0.2) is 24.3 Å². The lowest BCUT2D eigenvalue weighted by molar-refractivity contribution is 0.0444. The van der Waals surface area contributed by atoms with Crippen molar-refractivity contribution in [1.82, 2.24) is 4.90 Å². The first-order valence-corrected chi connectivity index (χ1v) is 7.22. The Kier molecular flexibility index (Phi) is 5.19. The van der Waals surface area contributed by atoms with Crippen LogP contribution < -0.4 is 0 Å². The van der Waals surface area contributed by atoms with E-state index in [1.165, 1.54) is 5.56 Å². The van der Waals surface area contributed by atoms with E-state index in [1.807, 2.05) is 19.1 Å². The molecule has 1 aliphatic heterocycles. The van der Waals surface area contributed by atoms with Gasteiger partial charge in [-0.15, -0.1) is 0 Å². The minimum absolute atomic E-state index is 0.102. The van der Waals surface area contributed by atoms with E-state index in [9.17, 15) is 5.11 Å². The summed E-state index contributed by atoms with van der Waals surface area (Å²) in [6.07, 6.45) is 2.78. The molecule has 0 amide bonds. The number of hydrogen-bond donors (Lipinski definition) is 2. The molecule has 20 heavy (non-hydrogen) atoms. The van der Waals surface area contributed by atoms with E-state index in [0.717, 1.165) is 44.5 Å². The Balaban J connectivity index is 1.93. The molecule has 0 bridgehead atoms. The summed E-state index contributed by atoms with van der Waals surface area (Å²) >= 11 is 0. The van der Waals surface area contributed by atoms with Crippen LogP contribution in [0.4, 0.5) is 0 Å². The SMILES string of the molecule is CC1(O)CCCN(Cc2ccc(C#CCO)cc2)CC1. The third kappa shape index (κ3) is 4.64. The Morgan fingerprint density at radius 2 is 1.95 bits per heavy atom. The molecule has 1 saturated heterocycles. The lowest BCUT2D eigenvalue weighted by Crippen LogP contribution is -2.28. The predicted molar refractivity (Wildman–Crippen MR) is 80.2 cm³/mol. The minimum atomic E-state index is -0.501. The van der Waals surface area contributed by atoms with E-state index in [0.29, 0.717) is 0 Å². The number of nitrogens with zero attached hydrogens (tertiary/aromatic N) is 1. The Morgan fingerprint density at radius 1 is 1.20 bits per heavy atom. The van der Waals surface area contributed by atoms with Crippen LogP contribution in [0.2, 0.25) is 0 Å². The fraction of sp³-hybridized carbons (Fsp3) is 0.529. The van der Waals surface area contributed by atoms with Gasteiger partial charge in [0.05, 0.1) is 5.60 Å². The first-order chi connectivity index (χ1) is 9.59. The molecular formula is C17H23NO2.